The molecule has 0 amide bonds. The van der Waals surface area contributed by atoms with Crippen molar-refractivity contribution < 1.29 is 5.11 Å². The number of rotatable bonds is 2. The lowest BCUT2D eigenvalue weighted by Crippen LogP contribution is -2.56. The Labute approximate surface area is 122 Å². The molecule has 1 aliphatic heterocycles. The topological polar surface area (TPSA) is 36.4 Å². The lowest BCUT2D eigenvalue weighted by Gasteiger charge is -2.56. The maximum absolute atomic E-state index is 10.8. The first-order chi connectivity index (χ1) is 9.40. The van der Waals surface area contributed by atoms with Gasteiger partial charge < -0.3 is 10.0 Å². The van der Waals surface area contributed by atoms with Crippen LogP contribution >= 0.6 is 0 Å². The number of hydrogen-bond acceptors (Lipinski definition) is 3. The minimum Gasteiger partial charge on any atom is -0.390 e. The molecule has 0 bridgehead atoms. The first kappa shape index (κ1) is 14.0. The summed E-state index contributed by atoms with van der Waals surface area (Å²) in [5.41, 5.74) is 3.46. The lowest BCUT2D eigenvalue weighted by atomic mass is 9.54. The highest BCUT2D eigenvalue weighted by atomic mass is 16.3. The van der Waals surface area contributed by atoms with Crippen LogP contribution in [-0.2, 0) is 6.42 Å². The van der Waals surface area contributed by atoms with Crippen LogP contribution in [0.15, 0.2) is 12.3 Å². The van der Waals surface area contributed by atoms with Crippen molar-refractivity contribution in [2.24, 2.45) is 5.41 Å². The molecule has 3 rings (SSSR count). The number of pyridine rings is 1. The van der Waals surface area contributed by atoms with Crippen LogP contribution in [0.1, 0.15) is 42.5 Å². The molecule has 1 aliphatic carbocycles. The van der Waals surface area contributed by atoms with E-state index in [0.717, 1.165) is 25.0 Å². The van der Waals surface area contributed by atoms with E-state index in [9.17, 15) is 5.11 Å². The third-order valence-corrected chi connectivity index (χ3v) is 5.33. The largest absolute Gasteiger partial charge is 0.390 e. The number of hydrogen-bond donors (Lipinski definition) is 1. The zero-order valence-electron chi connectivity index (χ0n) is 12.9. The molecule has 20 heavy (non-hydrogen) atoms. The van der Waals surface area contributed by atoms with Crippen LogP contribution in [0.4, 0.5) is 0 Å². The van der Waals surface area contributed by atoms with Gasteiger partial charge in [0.25, 0.3) is 0 Å². The van der Waals surface area contributed by atoms with Gasteiger partial charge in [-0.05, 0) is 82.3 Å². The van der Waals surface area contributed by atoms with Crippen molar-refractivity contribution >= 4 is 0 Å². The van der Waals surface area contributed by atoms with Crippen molar-refractivity contribution in [1.82, 2.24) is 9.88 Å². The third kappa shape index (κ3) is 2.61. The maximum Gasteiger partial charge on any atom is 0.0698 e. The van der Waals surface area contributed by atoms with Crippen LogP contribution in [-0.4, -0.2) is 40.7 Å². The summed E-state index contributed by atoms with van der Waals surface area (Å²) in [5, 5.41) is 10.8. The Kier molecular flexibility index (Phi) is 3.38. The van der Waals surface area contributed by atoms with E-state index in [1.807, 2.05) is 13.1 Å². The molecule has 1 aromatic rings. The molecule has 0 unspecified atom stereocenters. The summed E-state index contributed by atoms with van der Waals surface area (Å²) < 4.78 is 0. The quantitative estimate of drug-likeness (QED) is 0.900. The molecule has 1 saturated heterocycles. The van der Waals surface area contributed by atoms with Gasteiger partial charge in [-0.25, -0.2) is 0 Å². The van der Waals surface area contributed by atoms with Crippen molar-refractivity contribution in [3.63, 3.8) is 0 Å². The number of aryl methyl sites for hydroxylation is 2. The summed E-state index contributed by atoms with van der Waals surface area (Å²) in [6.07, 6.45) is 7.18. The fraction of sp³-hybridized carbons (Fsp3) is 0.706. The molecule has 0 radical (unpaired) electrons. The fourth-order valence-corrected chi connectivity index (χ4v) is 4.15. The Balaban J connectivity index is 1.66. The zero-order chi connectivity index (χ0) is 14.4. The van der Waals surface area contributed by atoms with E-state index in [1.54, 1.807) is 0 Å². The molecule has 3 nitrogen and oxygen atoms in total. The monoisotopic (exact) mass is 274 g/mol. The molecule has 2 fully saturated rings. The van der Waals surface area contributed by atoms with Gasteiger partial charge in [-0.2, -0.15) is 0 Å². The molecule has 1 N–H and O–H groups in total. The summed E-state index contributed by atoms with van der Waals surface area (Å²) >= 11 is 0. The zero-order valence-corrected chi connectivity index (χ0v) is 12.9. The van der Waals surface area contributed by atoms with Crippen LogP contribution < -0.4 is 0 Å². The van der Waals surface area contributed by atoms with Crippen LogP contribution in [0.25, 0.3) is 0 Å². The van der Waals surface area contributed by atoms with E-state index < -0.39 is 5.60 Å². The van der Waals surface area contributed by atoms with Gasteiger partial charge in [0.2, 0.25) is 0 Å². The highest BCUT2D eigenvalue weighted by Crippen LogP contribution is 2.55. The predicted molar refractivity (Wildman–Crippen MR) is 80.8 cm³/mol. The van der Waals surface area contributed by atoms with Gasteiger partial charge in [0.15, 0.2) is 0 Å². The van der Waals surface area contributed by atoms with Gasteiger partial charge in [0.05, 0.1) is 5.60 Å². The minimum absolute atomic E-state index is 0.428. The van der Waals surface area contributed by atoms with Gasteiger partial charge in [0.1, 0.15) is 0 Å². The van der Waals surface area contributed by atoms with E-state index in [4.69, 9.17) is 0 Å². The van der Waals surface area contributed by atoms with Gasteiger partial charge >= 0.3 is 0 Å². The first-order valence-electron chi connectivity index (χ1n) is 7.73. The first-order valence-corrected chi connectivity index (χ1v) is 7.73. The second-order valence-corrected chi connectivity index (χ2v) is 7.31. The lowest BCUT2D eigenvalue weighted by molar-refractivity contribution is -0.146. The van der Waals surface area contributed by atoms with E-state index in [0.29, 0.717) is 5.41 Å². The second-order valence-electron chi connectivity index (χ2n) is 7.31. The molecule has 110 valence electrons. The average Bonchev–Trinajstić information content (AvgIpc) is 2.36. The molecule has 0 aromatic carbocycles. The molecule has 1 spiro atoms. The Bertz CT molecular complexity index is 496. The van der Waals surface area contributed by atoms with Crippen LogP contribution in [0.2, 0.25) is 0 Å². The summed E-state index contributed by atoms with van der Waals surface area (Å²) in [4.78, 5) is 6.72. The number of likely N-dealkylation sites (tertiary alicyclic amines) is 1. The van der Waals surface area contributed by atoms with E-state index in [1.165, 1.54) is 37.1 Å². The fourth-order valence-electron chi connectivity index (χ4n) is 4.15. The standard InChI is InChI=1S/C17H26N2O/c1-13-10-18-14(2)8-15(13)9-17(20)11-16(12-17)4-6-19(3)7-5-16/h8,10,20H,4-7,9,11-12H2,1-3H3. The van der Waals surface area contributed by atoms with Gasteiger partial charge in [-0.15, -0.1) is 0 Å². The Morgan fingerprint density at radius 1 is 1.25 bits per heavy atom. The third-order valence-electron chi connectivity index (χ3n) is 5.33. The normalized spacial score (nSPS) is 24.6. The molecule has 2 heterocycles. The van der Waals surface area contributed by atoms with E-state index in [-0.39, 0.29) is 0 Å². The average molecular weight is 274 g/mol. The molecular formula is C17H26N2O. The molecular weight excluding hydrogens is 248 g/mol. The number of nitrogens with zero attached hydrogens (tertiary/aromatic N) is 2. The number of aromatic nitrogens is 1. The van der Waals surface area contributed by atoms with Gasteiger partial charge in [0, 0.05) is 18.3 Å². The summed E-state index contributed by atoms with van der Waals surface area (Å²) in [6.45, 7) is 6.48. The Morgan fingerprint density at radius 3 is 2.55 bits per heavy atom. The highest BCUT2D eigenvalue weighted by Gasteiger charge is 2.53. The Morgan fingerprint density at radius 2 is 1.90 bits per heavy atom. The molecule has 1 saturated carbocycles. The van der Waals surface area contributed by atoms with E-state index in [2.05, 4.69) is 29.9 Å². The van der Waals surface area contributed by atoms with Crippen molar-refractivity contribution in [2.45, 2.75) is 51.6 Å². The minimum atomic E-state index is -0.478. The van der Waals surface area contributed by atoms with E-state index >= 15 is 0 Å². The molecule has 3 heteroatoms. The molecule has 2 aliphatic rings. The van der Waals surface area contributed by atoms with Crippen LogP contribution in [0.3, 0.4) is 0 Å². The number of aliphatic hydroxyl groups is 1. The summed E-state index contributed by atoms with van der Waals surface area (Å²) in [7, 11) is 2.20. The Hall–Kier alpha value is -0.930. The number of piperidine rings is 1. The summed E-state index contributed by atoms with van der Waals surface area (Å²) in [5.74, 6) is 0. The molecule has 0 atom stereocenters. The van der Waals surface area contributed by atoms with Crippen molar-refractivity contribution in [2.75, 3.05) is 20.1 Å². The summed E-state index contributed by atoms with van der Waals surface area (Å²) in [6, 6.07) is 2.13. The van der Waals surface area contributed by atoms with Gasteiger partial charge in [-0.1, -0.05) is 0 Å². The second kappa shape index (κ2) is 4.81. The van der Waals surface area contributed by atoms with Crippen molar-refractivity contribution in [3.05, 3.63) is 29.1 Å². The van der Waals surface area contributed by atoms with Gasteiger partial charge in [-0.3, -0.25) is 4.98 Å². The van der Waals surface area contributed by atoms with Crippen molar-refractivity contribution in [1.29, 1.82) is 0 Å². The van der Waals surface area contributed by atoms with Crippen LogP contribution in [0.5, 0.6) is 0 Å². The highest BCUT2D eigenvalue weighted by molar-refractivity contribution is 5.28. The van der Waals surface area contributed by atoms with Crippen LogP contribution in [0, 0.1) is 19.3 Å². The smallest absolute Gasteiger partial charge is 0.0698 e. The van der Waals surface area contributed by atoms with Crippen molar-refractivity contribution in [3.8, 4) is 0 Å². The SMILES string of the molecule is Cc1cc(CC2(O)CC3(CCN(C)CC3)C2)c(C)cn1. The molecule has 1 aromatic heterocycles. The predicted octanol–water partition coefficient (Wildman–Crippen LogP) is 2.48. The maximum atomic E-state index is 10.8.